The van der Waals surface area contributed by atoms with Crippen molar-refractivity contribution < 1.29 is 14.7 Å². The van der Waals surface area contributed by atoms with E-state index in [1.54, 1.807) is 6.07 Å². The van der Waals surface area contributed by atoms with E-state index in [0.717, 1.165) is 0 Å². The average molecular weight is 200 g/mol. The molecule has 5 nitrogen and oxygen atoms in total. The van der Waals surface area contributed by atoms with Crippen LogP contribution in [0.3, 0.4) is 0 Å². The molecule has 1 aromatic heterocycles. The highest BCUT2D eigenvalue weighted by molar-refractivity contribution is 7.71. The van der Waals surface area contributed by atoms with Crippen molar-refractivity contribution in [2.24, 2.45) is 0 Å². The van der Waals surface area contributed by atoms with Gasteiger partial charge in [0.25, 0.3) is 0 Å². The Hall–Kier alpha value is -1.56. The molecule has 0 atom stereocenters. The van der Waals surface area contributed by atoms with E-state index < -0.39 is 6.09 Å². The zero-order chi connectivity index (χ0) is 9.84. The number of rotatable bonds is 1. The lowest BCUT2D eigenvalue weighted by molar-refractivity contribution is 0.175. The number of aromatic nitrogens is 1. The third kappa shape index (κ3) is 2.19. The van der Waals surface area contributed by atoms with E-state index in [9.17, 15) is 10.0 Å². The Kier molecular flexibility index (Phi) is 2.86. The smallest absolute Gasteiger partial charge is 0.412 e. The summed E-state index contributed by atoms with van der Waals surface area (Å²) in [7, 11) is 1.23. The molecule has 1 heterocycles. The first-order valence-corrected chi connectivity index (χ1v) is 3.82. The van der Waals surface area contributed by atoms with Crippen LogP contribution in [-0.4, -0.2) is 23.1 Å². The summed E-state index contributed by atoms with van der Waals surface area (Å²) in [5, 5.41) is 11.6. The van der Waals surface area contributed by atoms with Gasteiger partial charge in [0.15, 0.2) is 5.82 Å². The second kappa shape index (κ2) is 3.90. The Labute approximate surface area is 79.5 Å². The summed E-state index contributed by atoms with van der Waals surface area (Å²) in [5.41, 5.74) is 0. The number of hydrogen-bond donors (Lipinski definition) is 2. The molecule has 0 saturated heterocycles. The topological polar surface area (TPSA) is 63.5 Å². The standard InChI is InChI=1S/C7H8N2O3S/c1-12-7(10)8-5-3-2-4-6(13)9(5)11/h2-4,11H,1H3,(H,8,10). The second-order valence-corrected chi connectivity index (χ2v) is 2.60. The lowest BCUT2D eigenvalue weighted by atomic mass is 10.5. The van der Waals surface area contributed by atoms with Crippen molar-refractivity contribution in [2.45, 2.75) is 0 Å². The molecule has 0 saturated carbocycles. The van der Waals surface area contributed by atoms with Gasteiger partial charge in [-0.1, -0.05) is 18.3 Å². The van der Waals surface area contributed by atoms with Crippen molar-refractivity contribution in [3.05, 3.63) is 22.8 Å². The maximum atomic E-state index is 10.8. The maximum absolute atomic E-state index is 10.8. The molecule has 1 amide bonds. The highest BCUT2D eigenvalue weighted by Gasteiger charge is 2.03. The minimum absolute atomic E-state index is 0.166. The van der Waals surface area contributed by atoms with Crippen LogP contribution in [0.15, 0.2) is 18.2 Å². The van der Waals surface area contributed by atoms with Crippen LogP contribution >= 0.6 is 12.2 Å². The van der Waals surface area contributed by atoms with Crippen LogP contribution in [0.2, 0.25) is 0 Å². The number of nitrogens with zero attached hydrogens (tertiary/aromatic N) is 1. The van der Waals surface area contributed by atoms with Gasteiger partial charge in [0.05, 0.1) is 7.11 Å². The molecule has 0 aliphatic carbocycles. The molecule has 70 valence electrons. The predicted molar refractivity (Wildman–Crippen MR) is 48.5 cm³/mol. The molecule has 1 rings (SSSR count). The van der Waals surface area contributed by atoms with Gasteiger partial charge in [-0.3, -0.25) is 5.32 Å². The van der Waals surface area contributed by atoms with Crippen LogP contribution in [0, 0.1) is 4.64 Å². The van der Waals surface area contributed by atoms with E-state index in [0.29, 0.717) is 4.73 Å². The minimum Gasteiger partial charge on any atom is -0.453 e. The van der Waals surface area contributed by atoms with Crippen LogP contribution in [-0.2, 0) is 4.74 Å². The third-order valence-corrected chi connectivity index (χ3v) is 1.65. The molecule has 6 heteroatoms. The number of methoxy groups -OCH3 is 1. The summed E-state index contributed by atoms with van der Waals surface area (Å²) >= 11 is 4.75. The lowest BCUT2D eigenvalue weighted by Crippen LogP contribution is -2.15. The van der Waals surface area contributed by atoms with Gasteiger partial charge in [-0.15, -0.1) is 0 Å². The van der Waals surface area contributed by atoms with E-state index in [2.05, 4.69) is 10.1 Å². The van der Waals surface area contributed by atoms with E-state index in [1.807, 2.05) is 0 Å². The Bertz CT molecular complexity index is 374. The largest absolute Gasteiger partial charge is 0.453 e. The van der Waals surface area contributed by atoms with Gasteiger partial charge in [-0.2, -0.15) is 4.73 Å². The summed E-state index contributed by atoms with van der Waals surface area (Å²) in [6.07, 6.45) is -0.664. The SMILES string of the molecule is COC(=O)Nc1cccc(=S)n1O. The Balaban J connectivity index is 2.96. The van der Waals surface area contributed by atoms with E-state index in [1.165, 1.54) is 19.2 Å². The van der Waals surface area contributed by atoms with Gasteiger partial charge in [-0.05, 0) is 12.1 Å². The summed E-state index contributed by atoms with van der Waals surface area (Å²) < 4.78 is 5.23. The van der Waals surface area contributed by atoms with Gasteiger partial charge in [0.2, 0.25) is 0 Å². The van der Waals surface area contributed by atoms with Gasteiger partial charge in [0, 0.05) is 0 Å². The molecule has 0 aromatic carbocycles. The summed E-state index contributed by atoms with van der Waals surface area (Å²) in [4.78, 5) is 10.8. The molecule has 2 N–H and O–H groups in total. The molecule has 0 radical (unpaired) electrons. The van der Waals surface area contributed by atoms with Crippen molar-refractivity contribution in [3.8, 4) is 0 Å². The summed E-state index contributed by atoms with van der Waals surface area (Å²) in [6.45, 7) is 0. The number of nitrogens with one attached hydrogen (secondary N) is 1. The van der Waals surface area contributed by atoms with Crippen molar-refractivity contribution in [1.29, 1.82) is 0 Å². The molecule has 1 aromatic rings. The van der Waals surface area contributed by atoms with Crippen molar-refractivity contribution in [3.63, 3.8) is 0 Å². The van der Waals surface area contributed by atoms with Crippen molar-refractivity contribution in [1.82, 2.24) is 4.73 Å². The van der Waals surface area contributed by atoms with E-state index in [-0.39, 0.29) is 10.5 Å². The van der Waals surface area contributed by atoms with E-state index in [4.69, 9.17) is 12.2 Å². The summed E-state index contributed by atoms with van der Waals surface area (Å²) in [5.74, 6) is 0.166. The molecule has 0 unspecified atom stereocenters. The first-order valence-electron chi connectivity index (χ1n) is 3.41. The predicted octanol–water partition coefficient (Wildman–Crippen LogP) is 1.63. The normalized spacial score (nSPS) is 9.31. The van der Waals surface area contributed by atoms with Gasteiger partial charge in [0.1, 0.15) is 4.64 Å². The Morgan fingerprint density at radius 3 is 3.00 bits per heavy atom. The van der Waals surface area contributed by atoms with E-state index >= 15 is 0 Å². The second-order valence-electron chi connectivity index (χ2n) is 2.18. The fraction of sp³-hybridized carbons (Fsp3) is 0.143. The van der Waals surface area contributed by atoms with Crippen molar-refractivity contribution >= 4 is 24.1 Å². The molecule has 0 spiro atoms. The molecule has 0 fully saturated rings. The van der Waals surface area contributed by atoms with Crippen molar-refractivity contribution in [2.75, 3.05) is 12.4 Å². The van der Waals surface area contributed by atoms with Crippen LogP contribution in [0.5, 0.6) is 0 Å². The molecular weight excluding hydrogens is 192 g/mol. The monoisotopic (exact) mass is 200 g/mol. The number of carbonyl (C=O) groups excluding carboxylic acids is 1. The number of hydrogen-bond acceptors (Lipinski definition) is 4. The summed E-state index contributed by atoms with van der Waals surface area (Å²) in [6, 6.07) is 4.63. The van der Waals surface area contributed by atoms with Crippen LogP contribution in [0.25, 0.3) is 0 Å². The molecular formula is C7H8N2O3S. The first-order chi connectivity index (χ1) is 6.15. The average Bonchev–Trinajstić information content (AvgIpc) is 2.13. The number of amides is 1. The maximum Gasteiger partial charge on any atom is 0.412 e. The molecule has 0 bridgehead atoms. The number of ether oxygens (including phenoxy) is 1. The van der Waals surface area contributed by atoms with Gasteiger partial charge >= 0.3 is 6.09 Å². The Morgan fingerprint density at radius 2 is 2.38 bits per heavy atom. The fourth-order valence-corrected chi connectivity index (χ4v) is 0.909. The highest BCUT2D eigenvalue weighted by atomic mass is 32.1. The number of carbonyl (C=O) groups is 1. The van der Waals surface area contributed by atoms with Gasteiger partial charge < -0.3 is 9.94 Å². The van der Waals surface area contributed by atoms with Crippen LogP contribution < -0.4 is 5.32 Å². The van der Waals surface area contributed by atoms with Crippen LogP contribution in [0.4, 0.5) is 10.6 Å². The highest BCUT2D eigenvalue weighted by Crippen LogP contribution is 2.06. The Morgan fingerprint density at radius 1 is 1.69 bits per heavy atom. The quantitative estimate of drug-likeness (QED) is 0.534. The fourth-order valence-electron chi connectivity index (χ4n) is 0.732. The van der Waals surface area contributed by atoms with Gasteiger partial charge in [-0.25, -0.2) is 4.79 Å². The molecule has 13 heavy (non-hydrogen) atoms. The number of pyridine rings is 1. The minimum atomic E-state index is -0.664. The third-order valence-electron chi connectivity index (χ3n) is 1.35. The zero-order valence-corrected chi connectivity index (χ0v) is 7.67. The molecule has 0 aliphatic heterocycles. The lowest BCUT2D eigenvalue weighted by Gasteiger charge is -2.06. The zero-order valence-electron chi connectivity index (χ0n) is 6.85. The number of anilines is 1. The first kappa shape index (κ1) is 9.53. The molecule has 0 aliphatic rings. The van der Waals surface area contributed by atoms with Crippen LogP contribution in [0.1, 0.15) is 0 Å².